The minimum absolute atomic E-state index is 0.0356. The van der Waals surface area contributed by atoms with Crippen molar-refractivity contribution in [3.05, 3.63) is 29.8 Å². The molecular weight excluding hydrogens is 318 g/mol. The summed E-state index contributed by atoms with van der Waals surface area (Å²) in [4.78, 5) is 26.4. The van der Waals surface area contributed by atoms with E-state index in [2.05, 4.69) is 12.2 Å². The number of carbonyl (C=O) groups excluding carboxylic acids is 2. The van der Waals surface area contributed by atoms with Crippen LogP contribution in [0.3, 0.4) is 0 Å². The zero-order valence-electron chi connectivity index (χ0n) is 15.3. The summed E-state index contributed by atoms with van der Waals surface area (Å²) in [5.74, 6) is 0.923. The highest BCUT2D eigenvalue weighted by molar-refractivity contribution is 5.80. The SMILES string of the molecule is CCOc1ccccc1C(CC(=O)N1CC(CN)CC1C)NC(C)=O. The van der Waals surface area contributed by atoms with Crippen LogP contribution in [-0.2, 0) is 9.59 Å². The summed E-state index contributed by atoms with van der Waals surface area (Å²) in [6.07, 6.45) is 1.15. The molecule has 0 radical (unpaired) electrons. The molecule has 3 atom stereocenters. The summed E-state index contributed by atoms with van der Waals surface area (Å²) < 4.78 is 5.67. The van der Waals surface area contributed by atoms with Gasteiger partial charge in [0, 0.05) is 25.1 Å². The standard InChI is InChI=1S/C19H29N3O3/c1-4-25-18-8-6-5-7-16(18)17(21-14(3)23)10-19(24)22-12-15(11-20)9-13(22)2/h5-8,13,15,17H,4,9-12,20H2,1-3H3,(H,21,23). The quantitative estimate of drug-likeness (QED) is 0.788. The Morgan fingerprint density at radius 3 is 2.72 bits per heavy atom. The fraction of sp³-hybridized carbons (Fsp3) is 0.579. The number of carbonyl (C=O) groups is 2. The zero-order chi connectivity index (χ0) is 18.4. The maximum atomic E-state index is 12.8. The van der Waals surface area contributed by atoms with Crippen LogP contribution in [0, 0.1) is 5.92 Å². The first-order valence-electron chi connectivity index (χ1n) is 8.94. The summed E-state index contributed by atoms with van der Waals surface area (Å²) in [5.41, 5.74) is 6.59. The third-order valence-corrected chi connectivity index (χ3v) is 4.67. The van der Waals surface area contributed by atoms with Crippen LogP contribution in [0.15, 0.2) is 24.3 Å². The molecule has 3 N–H and O–H groups in total. The molecule has 1 saturated heterocycles. The topological polar surface area (TPSA) is 84.7 Å². The maximum absolute atomic E-state index is 12.8. The maximum Gasteiger partial charge on any atom is 0.225 e. The summed E-state index contributed by atoms with van der Waals surface area (Å²) in [7, 11) is 0. The lowest BCUT2D eigenvalue weighted by Gasteiger charge is -2.26. The highest BCUT2D eigenvalue weighted by Crippen LogP contribution is 2.30. The van der Waals surface area contributed by atoms with Gasteiger partial charge in [-0.15, -0.1) is 0 Å². The number of ether oxygens (including phenoxy) is 1. The van der Waals surface area contributed by atoms with Gasteiger partial charge in [0.2, 0.25) is 11.8 Å². The van der Waals surface area contributed by atoms with Crippen LogP contribution in [0.2, 0.25) is 0 Å². The third kappa shape index (κ3) is 4.95. The first kappa shape index (κ1) is 19.2. The number of para-hydroxylation sites is 1. The largest absolute Gasteiger partial charge is 0.494 e. The number of likely N-dealkylation sites (tertiary alicyclic amines) is 1. The van der Waals surface area contributed by atoms with Crippen LogP contribution in [0.25, 0.3) is 0 Å². The third-order valence-electron chi connectivity index (χ3n) is 4.67. The second-order valence-corrected chi connectivity index (χ2v) is 6.66. The number of nitrogens with one attached hydrogen (secondary N) is 1. The van der Waals surface area contributed by atoms with Gasteiger partial charge in [0.1, 0.15) is 5.75 Å². The number of amides is 2. The average molecular weight is 347 g/mol. The first-order chi connectivity index (χ1) is 12.0. The summed E-state index contributed by atoms with van der Waals surface area (Å²) in [6, 6.07) is 7.31. The van der Waals surface area contributed by atoms with Crippen molar-refractivity contribution in [3.63, 3.8) is 0 Å². The van der Waals surface area contributed by atoms with E-state index in [0.29, 0.717) is 31.4 Å². The molecule has 2 rings (SSSR count). The Hall–Kier alpha value is -2.08. The number of nitrogens with two attached hydrogens (primary N) is 1. The lowest BCUT2D eigenvalue weighted by atomic mass is 10.0. The summed E-state index contributed by atoms with van der Waals surface area (Å²) in [5, 5.41) is 2.90. The van der Waals surface area contributed by atoms with Crippen molar-refractivity contribution < 1.29 is 14.3 Å². The number of hydrogen-bond acceptors (Lipinski definition) is 4. The van der Waals surface area contributed by atoms with E-state index >= 15 is 0 Å². The van der Waals surface area contributed by atoms with Gasteiger partial charge in [-0.3, -0.25) is 9.59 Å². The summed E-state index contributed by atoms with van der Waals surface area (Å²) >= 11 is 0. The van der Waals surface area contributed by atoms with E-state index in [9.17, 15) is 9.59 Å². The molecule has 3 unspecified atom stereocenters. The minimum Gasteiger partial charge on any atom is -0.494 e. The predicted octanol–water partition coefficient (Wildman–Crippen LogP) is 1.85. The molecule has 1 aliphatic heterocycles. The van der Waals surface area contributed by atoms with Crippen LogP contribution < -0.4 is 15.8 Å². The Labute approximate surface area is 149 Å². The van der Waals surface area contributed by atoms with Gasteiger partial charge in [0.25, 0.3) is 0 Å². The van der Waals surface area contributed by atoms with E-state index in [-0.39, 0.29) is 24.3 Å². The van der Waals surface area contributed by atoms with E-state index in [1.54, 1.807) is 0 Å². The highest BCUT2D eigenvalue weighted by Gasteiger charge is 2.33. The Kier molecular flexibility index (Phi) is 6.82. The molecule has 0 bridgehead atoms. The Morgan fingerprint density at radius 2 is 2.12 bits per heavy atom. The van der Waals surface area contributed by atoms with E-state index in [0.717, 1.165) is 12.0 Å². The molecular formula is C19H29N3O3. The van der Waals surface area contributed by atoms with Crippen molar-refractivity contribution in [1.82, 2.24) is 10.2 Å². The molecule has 0 spiro atoms. The molecule has 1 aromatic carbocycles. The molecule has 2 amide bonds. The van der Waals surface area contributed by atoms with E-state index in [1.807, 2.05) is 36.1 Å². The molecule has 1 aliphatic rings. The van der Waals surface area contributed by atoms with Crippen molar-refractivity contribution in [1.29, 1.82) is 0 Å². The number of benzene rings is 1. The van der Waals surface area contributed by atoms with Crippen molar-refractivity contribution in [2.24, 2.45) is 11.7 Å². The summed E-state index contributed by atoms with van der Waals surface area (Å²) in [6.45, 7) is 7.24. The number of nitrogens with zero attached hydrogens (tertiary/aromatic N) is 1. The van der Waals surface area contributed by atoms with Crippen LogP contribution in [-0.4, -0.2) is 42.5 Å². The molecule has 1 fully saturated rings. The van der Waals surface area contributed by atoms with Crippen molar-refractivity contribution in [2.45, 2.75) is 45.7 Å². The molecule has 0 aliphatic carbocycles. The van der Waals surface area contributed by atoms with Crippen LogP contribution >= 0.6 is 0 Å². The fourth-order valence-corrected chi connectivity index (χ4v) is 3.49. The molecule has 6 heteroatoms. The van der Waals surface area contributed by atoms with Crippen LogP contribution in [0.1, 0.15) is 45.2 Å². The molecule has 1 aromatic rings. The van der Waals surface area contributed by atoms with Gasteiger partial charge in [-0.25, -0.2) is 0 Å². The zero-order valence-corrected chi connectivity index (χ0v) is 15.3. The average Bonchev–Trinajstić information content (AvgIpc) is 2.96. The molecule has 0 aromatic heterocycles. The fourth-order valence-electron chi connectivity index (χ4n) is 3.49. The van der Waals surface area contributed by atoms with E-state index in [4.69, 9.17) is 10.5 Å². The minimum atomic E-state index is -0.406. The molecule has 138 valence electrons. The molecule has 0 saturated carbocycles. The number of rotatable bonds is 7. The van der Waals surface area contributed by atoms with Gasteiger partial charge in [-0.2, -0.15) is 0 Å². The lowest BCUT2D eigenvalue weighted by Crippen LogP contribution is -2.38. The second-order valence-electron chi connectivity index (χ2n) is 6.66. The Bertz CT molecular complexity index is 605. The van der Waals surface area contributed by atoms with Gasteiger partial charge < -0.3 is 20.7 Å². The van der Waals surface area contributed by atoms with E-state index in [1.165, 1.54) is 6.92 Å². The predicted molar refractivity (Wildman–Crippen MR) is 97.1 cm³/mol. The highest BCUT2D eigenvalue weighted by atomic mass is 16.5. The molecule has 25 heavy (non-hydrogen) atoms. The first-order valence-corrected chi connectivity index (χ1v) is 8.94. The van der Waals surface area contributed by atoms with Gasteiger partial charge in [0.15, 0.2) is 0 Å². The van der Waals surface area contributed by atoms with Gasteiger partial charge >= 0.3 is 0 Å². The lowest BCUT2D eigenvalue weighted by molar-refractivity contribution is -0.132. The second kappa shape index (κ2) is 8.85. The van der Waals surface area contributed by atoms with Gasteiger partial charge in [0.05, 0.1) is 19.1 Å². The van der Waals surface area contributed by atoms with Gasteiger partial charge in [-0.1, -0.05) is 18.2 Å². The van der Waals surface area contributed by atoms with E-state index < -0.39 is 6.04 Å². The van der Waals surface area contributed by atoms with Crippen molar-refractivity contribution >= 4 is 11.8 Å². The van der Waals surface area contributed by atoms with Crippen LogP contribution in [0.4, 0.5) is 0 Å². The number of hydrogen-bond donors (Lipinski definition) is 2. The Balaban J connectivity index is 2.18. The molecule has 6 nitrogen and oxygen atoms in total. The van der Waals surface area contributed by atoms with Crippen molar-refractivity contribution in [3.8, 4) is 5.75 Å². The monoisotopic (exact) mass is 347 g/mol. The van der Waals surface area contributed by atoms with Crippen LogP contribution in [0.5, 0.6) is 5.75 Å². The molecule has 1 heterocycles. The smallest absolute Gasteiger partial charge is 0.225 e. The normalized spacial score (nSPS) is 21.0. The Morgan fingerprint density at radius 1 is 1.40 bits per heavy atom. The van der Waals surface area contributed by atoms with Gasteiger partial charge in [-0.05, 0) is 38.8 Å². The van der Waals surface area contributed by atoms with Crippen molar-refractivity contribution in [2.75, 3.05) is 19.7 Å².